The quantitative estimate of drug-likeness (QED) is 0.726. The number of carboxylic acids is 1. The van der Waals surface area contributed by atoms with Crippen LogP contribution in [0, 0.1) is 5.82 Å². The number of benzene rings is 1. The largest absolute Gasteiger partial charge is 0.506 e. The summed E-state index contributed by atoms with van der Waals surface area (Å²) in [7, 11) is 4.04. The summed E-state index contributed by atoms with van der Waals surface area (Å²) in [4.78, 5) is 30.0. The van der Waals surface area contributed by atoms with Crippen molar-refractivity contribution in [3.8, 4) is 17.0 Å². The second-order valence-electron chi connectivity index (χ2n) is 7.21. The molecule has 0 saturated carbocycles. The zero-order valence-corrected chi connectivity index (χ0v) is 16.1. The van der Waals surface area contributed by atoms with Gasteiger partial charge in [-0.05, 0) is 45.1 Å². The van der Waals surface area contributed by atoms with Crippen LogP contribution in [0.25, 0.3) is 11.3 Å². The number of likely N-dealkylation sites (N-methyl/N-ethyl adjacent to an activating group) is 1. The van der Waals surface area contributed by atoms with Gasteiger partial charge >= 0.3 is 5.97 Å². The maximum Gasteiger partial charge on any atom is 0.345 e. The van der Waals surface area contributed by atoms with Gasteiger partial charge in [0.25, 0.3) is 5.56 Å². The molecule has 0 bridgehead atoms. The summed E-state index contributed by atoms with van der Waals surface area (Å²) in [6, 6.07) is 5.15. The van der Waals surface area contributed by atoms with Crippen LogP contribution in [-0.4, -0.2) is 59.3 Å². The van der Waals surface area contributed by atoms with Gasteiger partial charge in [-0.1, -0.05) is 6.92 Å². The molecule has 2 heterocycles. The smallest absolute Gasteiger partial charge is 0.345 e. The topological polar surface area (TPSA) is 96.9 Å². The van der Waals surface area contributed by atoms with Gasteiger partial charge < -0.3 is 25.0 Å². The van der Waals surface area contributed by atoms with E-state index < -0.39 is 28.7 Å². The molecule has 1 saturated heterocycles. The van der Waals surface area contributed by atoms with Crippen molar-refractivity contribution in [2.45, 2.75) is 25.8 Å². The first-order valence-electron chi connectivity index (χ1n) is 9.17. The summed E-state index contributed by atoms with van der Waals surface area (Å²) in [5, 5.41) is 19.4. The van der Waals surface area contributed by atoms with Crippen LogP contribution in [0.3, 0.4) is 0 Å². The number of hydrogen-bond donors (Lipinski definition) is 3. The van der Waals surface area contributed by atoms with Crippen molar-refractivity contribution in [1.82, 2.24) is 9.88 Å². The van der Waals surface area contributed by atoms with Crippen LogP contribution < -0.4 is 10.5 Å². The molecule has 0 spiro atoms. The maximum atomic E-state index is 14.9. The van der Waals surface area contributed by atoms with Crippen LogP contribution >= 0.6 is 0 Å². The van der Waals surface area contributed by atoms with E-state index in [2.05, 4.69) is 14.8 Å². The van der Waals surface area contributed by atoms with Gasteiger partial charge in [0.1, 0.15) is 11.6 Å². The average Bonchev–Trinajstić information content (AvgIpc) is 3.11. The van der Waals surface area contributed by atoms with Crippen LogP contribution in [0.5, 0.6) is 5.75 Å². The molecular weight excluding hydrogens is 365 g/mol. The Bertz CT molecular complexity index is 971. The number of halogens is 1. The molecule has 28 heavy (non-hydrogen) atoms. The molecule has 1 atom stereocenters. The van der Waals surface area contributed by atoms with Crippen LogP contribution in [0.1, 0.15) is 29.3 Å². The van der Waals surface area contributed by atoms with Crippen molar-refractivity contribution in [3.63, 3.8) is 0 Å². The minimum atomic E-state index is -1.53. The standard InChI is InChI=1S/C20H24FN3O4/c1-4-13-17(22-19(26)16(18(13)25)20(27)28)14-6-5-11(9-15(14)21)24-8-7-12(10-24)23(2)3/h5-6,9,12H,4,7-8,10H2,1-3H3,(H,27,28)(H2,22,25,26). The van der Waals surface area contributed by atoms with Crippen molar-refractivity contribution in [3.05, 3.63) is 45.5 Å². The summed E-state index contributed by atoms with van der Waals surface area (Å²) >= 11 is 0. The molecule has 7 nitrogen and oxygen atoms in total. The number of rotatable bonds is 5. The third kappa shape index (κ3) is 3.47. The molecule has 1 unspecified atom stereocenters. The van der Waals surface area contributed by atoms with Crippen LogP contribution in [0.15, 0.2) is 23.0 Å². The lowest BCUT2D eigenvalue weighted by Gasteiger charge is -2.22. The number of aromatic carboxylic acids is 1. The van der Waals surface area contributed by atoms with E-state index in [0.29, 0.717) is 6.04 Å². The summed E-state index contributed by atoms with van der Waals surface area (Å²) < 4.78 is 14.9. The molecule has 1 aliphatic rings. The van der Waals surface area contributed by atoms with Crippen LogP contribution in [-0.2, 0) is 6.42 Å². The van der Waals surface area contributed by atoms with Gasteiger partial charge in [-0.15, -0.1) is 0 Å². The fourth-order valence-electron chi connectivity index (χ4n) is 3.70. The first-order chi connectivity index (χ1) is 13.2. The Morgan fingerprint density at radius 1 is 1.39 bits per heavy atom. The predicted octanol–water partition coefficient (Wildman–Crippen LogP) is 2.29. The number of nitrogens with zero attached hydrogens (tertiary/aromatic N) is 2. The number of pyridine rings is 1. The van der Waals surface area contributed by atoms with E-state index in [9.17, 15) is 19.1 Å². The minimum Gasteiger partial charge on any atom is -0.506 e. The van der Waals surface area contributed by atoms with Crippen molar-refractivity contribution >= 4 is 11.7 Å². The minimum absolute atomic E-state index is 0.103. The number of aromatic nitrogens is 1. The number of carbonyl (C=O) groups is 1. The molecule has 1 fully saturated rings. The molecule has 8 heteroatoms. The van der Waals surface area contributed by atoms with E-state index in [1.807, 2.05) is 14.1 Å². The van der Waals surface area contributed by atoms with Crippen LogP contribution in [0.2, 0.25) is 0 Å². The zero-order valence-electron chi connectivity index (χ0n) is 16.1. The molecule has 150 valence electrons. The number of nitrogens with one attached hydrogen (secondary N) is 1. The number of hydrogen-bond acceptors (Lipinski definition) is 5. The lowest BCUT2D eigenvalue weighted by molar-refractivity contribution is 0.0691. The van der Waals surface area contributed by atoms with E-state index in [0.717, 1.165) is 25.2 Å². The first-order valence-corrected chi connectivity index (χ1v) is 9.17. The fourth-order valence-corrected chi connectivity index (χ4v) is 3.70. The lowest BCUT2D eigenvalue weighted by atomic mass is 10.00. The third-order valence-corrected chi connectivity index (χ3v) is 5.34. The second kappa shape index (κ2) is 7.63. The van der Waals surface area contributed by atoms with Gasteiger partial charge in [0.2, 0.25) is 0 Å². The van der Waals surface area contributed by atoms with E-state index in [1.165, 1.54) is 6.07 Å². The molecule has 1 aromatic heterocycles. The van der Waals surface area contributed by atoms with E-state index in [1.54, 1.807) is 19.1 Å². The highest BCUT2D eigenvalue weighted by atomic mass is 19.1. The summed E-state index contributed by atoms with van der Waals surface area (Å²) in [6.07, 6.45) is 1.23. The Morgan fingerprint density at radius 3 is 2.64 bits per heavy atom. The Balaban J connectivity index is 2.02. The molecule has 0 radical (unpaired) electrons. The Morgan fingerprint density at radius 2 is 2.11 bits per heavy atom. The number of aromatic hydroxyl groups is 1. The molecule has 2 aromatic rings. The van der Waals surface area contributed by atoms with E-state index in [-0.39, 0.29) is 23.2 Å². The number of anilines is 1. The predicted molar refractivity (Wildman–Crippen MR) is 105 cm³/mol. The van der Waals surface area contributed by atoms with Gasteiger partial charge in [-0.25, -0.2) is 9.18 Å². The number of H-pyrrole nitrogens is 1. The highest BCUT2D eigenvalue weighted by Crippen LogP contribution is 2.33. The van der Waals surface area contributed by atoms with Gasteiger partial charge in [-0.2, -0.15) is 0 Å². The molecular formula is C20H24FN3O4. The Hall–Kier alpha value is -2.87. The highest BCUT2D eigenvalue weighted by Gasteiger charge is 2.26. The van der Waals surface area contributed by atoms with Crippen molar-refractivity contribution in [1.29, 1.82) is 0 Å². The van der Waals surface area contributed by atoms with Gasteiger partial charge in [-0.3, -0.25) is 4.79 Å². The van der Waals surface area contributed by atoms with E-state index in [4.69, 9.17) is 5.11 Å². The lowest BCUT2D eigenvalue weighted by Crippen LogP contribution is -2.31. The van der Waals surface area contributed by atoms with E-state index >= 15 is 0 Å². The highest BCUT2D eigenvalue weighted by molar-refractivity contribution is 5.92. The van der Waals surface area contributed by atoms with Gasteiger partial charge in [0.05, 0.1) is 5.69 Å². The van der Waals surface area contributed by atoms with Crippen molar-refractivity contribution in [2.75, 3.05) is 32.1 Å². The third-order valence-electron chi connectivity index (χ3n) is 5.34. The van der Waals surface area contributed by atoms with Crippen molar-refractivity contribution < 1.29 is 19.4 Å². The zero-order chi connectivity index (χ0) is 20.6. The normalized spacial score (nSPS) is 16.8. The molecule has 0 aliphatic carbocycles. The summed E-state index contributed by atoms with van der Waals surface area (Å²) in [5.41, 5.74) is -0.534. The van der Waals surface area contributed by atoms with Gasteiger partial charge in [0, 0.05) is 35.9 Å². The fraction of sp³-hybridized carbons (Fsp3) is 0.400. The number of aromatic amines is 1. The van der Waals surface area contributed by atoms with Crippen molar-refractivity contribution in [2.24, 2.45) is 0 Å². The molecule has 3 rings (SSSR count). The molecule has 1 aromatic carbocycles. The summed E-state index contributed by atoms with van der Waals surface area (Å²) in [6.45, 7) is 3.32. The first kappa shape index (κ1) is 19.9. The molecule has 1 aliphatic heterocycles. The Kier molecular flexibility index (Phi) is 5.42. The average molecular weight is 389 g/mol. The SMILES string of the molecule is CCc1c(-c2ccc(N3CCC(N(C)C)C3)cc2F)[nH]c(=O)c(C(=O)O)c1O. The molecule has 3 N–H and O–H groups in total. The summed E-state index contributed by atoms with van der Waals surface area (Å²) in [5.74, 6) is -2.69. The number of carboxylic acid groups (broad SMARTS) is 1. The second-order valence-corrected chi connectivity index (χ2v) is 7.21. The Labute approximate surface area is 162 Å². The monoisotopic (exact) mass is 389 g/mol. The maximum absolute atomic E-state index is 14.9. The van der Waals surface area contributed by atoms with Crippen LogP contribution in [0.4, 0.5) is 10.1 Å². The van der Waals surface area contributed by atoms with Gasteiger partial charge in [0.15, 0.2) is 5.56 Å². The molecule has 0 amide bonds.